The molecule has 4 heteroatoms. The number of rotatable bonds is 3. The van der Waals surface area contributed by atoms with Crippen LogP contribution in [-0.2, 0) is 0 Å². The maximum absolute atomic E-state index is 5.15. The Balaban J connectivity index is 1.93. The summed E-state index contributed by atoms with van der Waals surface area (Å²) >= 11 is 0. The predicted molar refractivity (Wildman–Crippen MR) is 119 cm³/mol. The summed E-state index contributed by atoms with van der Waals surface area (Å²) in [5.41, 5.74) is 7.83. The maximum atomic E-state index is 5.15. The Kier molecular flexibility index (Phi) is 4.09. The van der Waals surface area contributed by atoms with Crippen molar-refractivity contribution in [2.45, 2.75) is 39.5 Å². The van der Waals surface area contributed by atoms with Gasteiger partial charge in [-0.1, -0.05) is 70.2 Å². The van der Waals surface area contributed by atoms with Gasteiger partial charge in [0.25, 0.3) is 0 Å². The fraction of sp³-hybridized carbons (Fsp3) is 0.240. The van der Waals surface area contributed by atoms with Gasteiger partial charge in [-0.3, -0.25) is 4.40 Å². The van der Waals surface area contributed by atoms with Crippen molar-refractivity contribution >= 4 is 27.5 Å². The molecule has 3 aromatic heterocycles. The maximum Gasteiger partial charge on any atom is 0.146 e. The standard InChI is InChI=1S/C25H24N4/c1-15(2)17-10-7-11-18(16(3)4)23(17)21-13-29-22-12-26-14-27-24(22)19-8-5-6-9-20(19)25(29)28-21/h5-16H,1-4H3. The first-order valence-corrected chi connectivity index (χ1v) is 10.2. The van der Waals surface area contributed by atoms with Crippen molar-refractivity contribution in [1.29, 1.82) is 0 Å². The third-order valence-corrected chi connectivity index (χ3v) is 5.71. The smallest absolute Gasteiger partial charge is 0.146 e. The second kappa shape index (κ2) is 6.66. The van der Waals surface area contributed by atoms with Gasteiger partial charge >= 0.3 is 0 Å². The van der Waals surface area contributed by atoms with E-state index in [0.29, 0.717) is 11.8 Å². The van der Waals surface area contributed by atoms with Crippen LogP contribution in [0.2, 0.25) is 0 Å². The average molecular weight is 380 g/mol. The number of benzene rings is 2. The Morgan fingerprint density at radius 2 is 1.52 bits per heavy atom. The lowest BCUT2D eigenvalue weighted by molar-refractivity contribution is 0.837. The average Bonchev–Trinajstić information content (AvgIpc) is 3.19. The van der Waals surface area contributed by atoms with Gasteiger partial charge in [0.05, 0.1) is 22.9 Å². The van der Waals surface area contributed by atoms with Crippen LogP contribution >= 0.6 is 0 Å². The van der Waals surface area contributed by atoms with Gasteiger partial charge in [0.1, 0.15) is 12.0 Å². The monoisotopic (exact) mass is 380 g/mol. The molecular weight excluding hydrogens is 356 g/mol. The summed E-state index contributed by atoms with van der Waals surface area (Å²) in [6.45, 7) is 8.99. The van der Waals surface area contributed by atoms with Crippen molar-refractivity contribution in [2.24, 2.45) is 0 Å². The molecule has 4 nitrogen and oxygen atoms in total. The Bertz CT molecular complexity index is 1260. The van der Waals surface area contributed by atoms with E-state index in [1.54, 1.807) is 6.33 Å². The van der Waals surface area contributed by atoms with Crippen molar-refractivity contribution in [3.63, 3.8) is 0 Å². The van der Waals surface area contributed by atoms with Crippen molar-refractivity contribution in [3.8, 4) is 11.3 Å². The Morgan fingerprint density at radius 1 is 0.828 bits per heavy atom. The molecule has 144 valence electrons. The molecule has 0 saturated heterocycles. The molecule has 0 bridgehead atoms. The normalized spacial score (nSPS) is 12.1. The topological polar surface area (TPSA) is 43.1 Å². The molecule has 0 fully saturated rings. The number of nitrogens with zero attached hydrogens (tertiary/aromatic N) is 4. The molecular formula is C25H24N4. The number of pyridine rings is 1. The van der Waals surface area contributed by atoms with Gasteiger partial charge in [-0.2, -0.15) is 0 Å². The van der Waals surface area contributed by atoms with Gasteiger partial charge in [0.2, 0.25) is 0 Å². The second-order valence-corrected chi connectivity index (χ2v) is 8.24. The van der Waals surface area contributed by atoms with Crippen LogP contribution in [0, 0.1) is 0 Å². The Labute approximate surface area is 170 Å². The fourth-order valence-electron chi connectivity index (χ4n) is 4.31. The van der Waals surface area contributed by atoms with Crippen LogP contribution in [0.4, 0.5) is 0 Å². The van der Waals surface area contributed by atoms with Crippen LogP contribution in [0.15, 0.2) is 61.2 Å². The molecule has 2 aromatic carbocycles. The van der Waals surface area contributed by atoms with Gasteiger partial charge in [0, 0.05) is 22.5 Å². The highest BCUT2D eigenvalue weighted by atomic mass is 15.0. The second-order valence-electron chi connectivity index (χ2n) is 8.24. The van der Waals surface area contributed by atoms with Gasteiger partial charge in [0.15, 0.2) is 0 Å². The summed E-state index contributed by atoms with van der Waals surface area (Å²) in [5, 5.41) is 2.22. The lowest BCUT2D eigenvalue weighted by atomic mass is 9.87. The van der Waals surface area contributed by atoms with Crippen LogP contribution in [0.25, 0.3) is 38.7 Å². The van der Waals surface area contributed by atoms with E-state index in [4.69, 9.17) is 4.98 Å². The zero-order chi connectivity index (χ0) is 20.1. The molecule has 0 aliphatic heterocycles. The van der Waals surface area contributed by atoms with Crippen LogP contribution in [0.5, 0.6) is 0 Å². The molecule has 5 rings (SSSR count). The van der Waals surface area contributed by atoms with E-state index in [1.807, 2.05) is 6.20 Å². The molecule has 29 heavy (non-hydrogen) atoms. The van der Waals surface area contributed by atoms with E-state index in [0.717, 1.165) is 33.1 Å². The molecule has 3 heterocycles. The first-order valence-electron chi connectivity index (χ1n) is 10.2. The van der Waals surface area contributed by atoms with Crippen molar-refractivity contribution in [2.75, 3.05) is 0 Å². The minimum atomic E-state index is 0.422. The minimum Gasteiger partial charge on any atom is -0.295 e. The van der Waals surface area contributed by atoms with E-state index < -0.39 is 0 Å². The third-order valence-electron chi connectivity index (χ3n) is 5.71. The molecule has 0 saturated carbocycles. The van der Waals surface area contributed by atoms with Crippen molar-refractivity contribution < 1.29 is 0 Å². The van der Waals surface area contributed by atoms with Crippen LogP contribution in [0.3, 0.4) is 0 Å². The molecule has 0 unspecified atom stereocenters. The summed E-state index contributed by atoms with van der Waals surface area (Å²) in [6.07, 6.45) is 5.65. The van der Waals surface area contributed by atoms with Crippen LogP contribution in [0.1, 0.15) is 50.7 Å². The molecule has 0 atom stereocenters. The van der Waals surface area contributed by atoms with Crippen LogP contribution < -0.4 is 0 Å². The van der Waals surface area contributed by atoms with E-state index in [2.05, 4.69) is 90.7 Å². The van der Waals surface area contributed by atoms with E-state index >= 15 is 0 Å². The van der Waals surface area contributed by atoms with Crippen LogP contribution in [-0.4, -0.2) is 19.4 Å². The number of aromatic nitrogens is 4. The summed E-state index contributed by atoms with van der Waals surface area (Å²) in [5.74, 6) is 0.843. The van der Waals surface area contributed by atoms with E-state index in [9.17, 15) is 0 Å². The molecule has 0 aliphatic rings. The quantitative estimate of drug-likeness (QED) is 0.343. The van der Waals surface area contributed by atoms with E-state index in [1.165, 1.54) is 16.7 Å². The largest absolute Gasteiger partial charge is 0.295 e. The van der Waals surface area contributed by atoms with Gasteiger partial charge in [-0.05, 0) is 23.0 Å². The highest BCUT2D eigenvalue weighted by Gasteiger charge is 2.19. The first-order chi connectivity index (χ1) is 14.1. The summed E-state index contributed by atoms with van der Waals surface area (Å²) in [4.78, 5) is 14.0. The highest BCUT2D eigenvalue weighted by Crippen LogP contribution is 2.37. The van der Waals surface area contributed by atoms with Crippen molar-refractivity contribution in [1.82, 2.24) is 19.4 Å². The fourth-order valence-corrected chi connectivity index (χ4v) is 4.31. The third kappa shape index (κ3) is 2.70. The molecule has 0 spiro atoms. The highest BCUT2D eigenvalue weighted by molar-refractivity contribution is 6.10. The molecule has 0 aliphatic carbocycles. The molecule has 0 amide bonds. The van der Waals surface area contributed by atoms with E-state index in [-0.39, 0.29) is 0 Å². The summed E-state index contributed by atoms with van der Waals surface area (Å²) in [7, 11) is 0. The predicted octanol–water partition coefficient (Wildman–Crippen LogP) is 6.34. The number of hydrogen-bond acceptors (Lipinski definition) is 3. The van der Waals surface area contributed by atoms with Crippen molar-refractivity contribution in [3.05, 3.63) is 72.3 Å². The molecule has 0 radical (unpaired) electrons. The van der Waals surface area contributed by atoms with Gasteiger partial charge in [-0.15, -0.1) is 0 Å². The Morgan fingerprint density at radius 3 is 2.21 bits per heavy atom. The number of fused-ring (bicyclic) bond motifs is 6. The molecule has 5 aromatic rings. The molecule has 0 N–H and O–H groups in total. The zero-order valence-electron chi connectivity index (χ0n) is 17.2. The van der Waals surface area contributed by atoms with Gasteiger partial charge < -0.3 is 0 Å². The Hall–Kier alpha value is -3.27. The zero-order valence-corrected chi connectivity index (χ0v) is 17.2. The first kappa shape index (κ1) is 17.8. The number of imidazole rings is 1. The summed E-state index contributed by atoms with van der Waals surface area (Å²) in [6, 6.07) is 15.0. The minimum absolute atomic E-state index is 0.422. The lowest BCUT2D eigenvalue weighted by Gasteiger charge is -2.18. The lowest BCUT2D eigenvalue weighted by Crippen LogP contribution is -1.99. The van der Waals surface area contributed by atoms with Gasteiger partial charge in [-0.25, -0.2) is 15.0 Å². The SMILES string of the molecule is CC(C)c1cccc(C(C)C)c1-c1cn2c3cncnc3c3ccccc3c2n1. The summed E-state index contributed by atoms with van der Waals surface area (Å²) < 4.78 is 2.15. The number of hydrogen-bond donors (Lipinski definition) is 0.